The molecule has 2 aliphatic rings. The molecule has 2 N–H and O–H groups in total. The van der Waals surface area contributed by atoms with Gasteiger partial charge in [0.1, 0.15) is 33.6 Å². The summed E-state index contributed by atoms with van der Waals surface area (Å²) in [5.41, 5.74) is 7.60. The molecule has 3 heterocycles. The van der Waals surface area contributed by atoms with Gasteiger partial charge in [-0.1, -0.05) is 18.3 Å². The minimum Gasteiger partial charge on any atom is -0.496 e. The number of ether oxygens (including phenoxy) is 3. The number of aryl methyl sites for hydroxylation is 1. The van der Waals surface area contributed by atoms with Gasteiger partial charge in [-0.25, -0.2) is 19.3 Å². The predicted octanol–water partition coefficient (Wildman–Crippen LogP) is 5.27. The number of nitrogens with two attached hydrogens (primary N) is 1. The third kappa shape index (κ3) is 6.56. The van der Waals surface area contributed by atoms with Crippen LogP contribution in [0.1, 0.15) is 82.5 Å². The van der Waals surface area contributed by atoms with Crippen LogP contribution < -0.4 is 10.5 Å². The smallest absolute Gasteiger partial charge is 0.425 e. The highest BCUT2D eigenvalue weighted by atomic mass is 32.2. The first kappa shape index (κ1) is 32.1. The van der Waals surface area contributed by atoms with E-state index in [2.05, 4.69) is 16.6 Å². The van der Waals surface area contributed by atoms with E-state index in [0.29, 0.717) is 39.7 Å². The Labute approximate surface area is 256 Å². The molecule has 0 atom stereocenters. The number of hydrogen-bond acceptors (Lipinski definition) is 11. The highest BCUT2D eigenvalue weighted by Crippen LogP contribution is 2.53. The predicted molar refractivity (Wildman–Crippen MR) is 164 cm³/mol. The number of rotatable bonds is 5. The molecule has 0 radical (unpaired) electrons. The van der Waals surface area contributed by atoms with Gasteiger partial charge in [0.15, 0.2) is 5.78 Å². The highest BCUT2D eigenvalue weighted by molar-refractivity contribution is 8.15. The molecule has 1 aliphatic heterocycles. The van der Waals surface area contributed by atoms with Crippen molar-refractivity contribution < 1.29 is 28.6 Å². The molecule has 43 heavy (non-hydrogen) atoms. The number of pyridine rings is 1. The Morgan fingerprint density at radius 3 is 2.23 bits per heavy atom. The van der Waals surface area contributed by atoms with Crippen molar-refractivity contribution in [2.75, 3.05) is 18.6 Å². The summed E-state index contributed by atoms with van der Waals surface area (Å²) in [6.45, 7) is 18.0. The lowest BCUT2D eigenvalue weighted by Crippen LogP contribution is -2.42. The standard InChI is InChI=1S/C30H40N6O6S/c1-16-13-32-19(17(2)22(16)40-10)14-35-24(31)21-23(34-35)30(11-12-30)20(37)15-43-25(21)33-18(3)36(26(38)41-28(4,5)6)27(39)42-29(7,8)9/h13H,3,11-12,14-15,31H2,1-2,4-10H3. The van der Waals surface area contributed by atoms with E-state index in [0.717, 1.165) is 28.6 Å². The number of anilines is 1. The van der Waals surface area contributed by atoms with E-state index in [1.807, 2.05) is 13.8 Å². The lowest BCUT2D eigenvalue weighted by atomic mass is 9.94. The molecule has 2 amide bonds. The second-order valence-corrected chi connectivity index (χ2v) is 13.7. The number of carbonyl (C=O) groups excluding carboxylic acids is 3. The summed E-state index contributed by atoms with van der Waals surface area (Å²) in [6, 6.07) is 0. The van der Waals surface area contributed by atoms with Gasteiger partial charge in [0.05, 0.1) is 41.8 Å². The average molecular weight is 613 g/mol. The summed E-state index contributed by atoms with van der Waals surface area (Å²) in [7, 11) is 1.61. The van der Waals surface area contributed by atoms with Crippen LogP contribution in [0.2, 0.25) is 0 Å². The minimum absolute atomic E-state index is 0.0154. The van der Waals surface area contributed by atoms with E-state index in [4.69, 9.17) is 25.0 Å². The second-order valence-electron chi connectivity index (χ2n) is 12.7. The van der Waals surface area contributed by atoms with E-state index < -0.39 is 28.8 Å². The monoisotopic (exact) mass is 612 g/mol. The molecule has 1 aliphatic carbocycles. The summed E-state index contributed by atoms with van der Waals surface area (Å²) in [5, 5.41) is 5.14. The third-order valence-corrected chi connectivity index (χ3v) is 7.95. The van der Waals surface area contributed by atoms with Gasteiger partial charge in [-0.15, -0.1) is 0 Å². The van der Waals surface area contributed by atoms with Crippen molar-refractivity contribution in [1.82, 2.24) is 19.7 Å². The van der Waals surface area contributed by atoms with Crippen molar-refractivity contribution in [3.8, 4) is 5.75 Å². The zero-order valence-corrected chi connectivity index (χ0v) is 27.1. The fourth-order valence-electron chi connectivity index (χ4n) is 4.79. The molecule has 1 saturated carbocycles. The van der Waals surface area contributed by atoms with Crippen LogP contribution in [0.4, 0.5) is 15.4 Å². The van der Waals surface area contributed by atoms with Crippen LogP contribution in [0.15, 0.2) is 23.6 Å². The minimum atomic E-state index is -0.997. The summed E-state index contributed by atoms with van der Waals surface area (Å²) >= 11 is 1.16. The van der Waals surface area contributed by atoms with Crippen molar-refractivity contribution in [3.63, 3.8) is 0 Å². The lowest BCUT2D eigenvalue weighted by molar-refractivity contribution is -0.119. The Kier molecular flexibility index (Phi) is 8.44. The first-order chi connectivity index (χ1) is 19.9. The molecule has 4 rings (SSSR count). The molecule has 0 unspecified atom stereocenters. The number of aliphatic imine (C=N–C) groups is 1. The number of Topliss-reactive ketones (excluding diaryl/α,β-unsaturated/α-hetero) is 1. The number of nitrogens with zero attached hydrogens (tertiary/aromatic N) is 5. The van der Waals surface area contributed by atoms with Crippen molar-refractivity contribution in [2.24, 2.45) is 4.99 Å². The molecule has 1 spiro atoms. The SMILES string of the molecule is C=C(N=C1SCC(=O)C2(CC2)c2nn(Cc3ncc(C)c(OC)c3C)c(N)c21)N(C(=O)OC(C)(C)C)C(=O)OC(C)(C)C. The summed E-state index contributed by atoms with van der Waals surface area (Å²) < 4.78 is 18.1. The van der Waals surface area contributed by atoms with E-state index in [-0.39, 0.29) is 29.7 Å². The van der Waals surface area contributed by atoms with Crippen molar-refractivity contribution in [3.05, 3.63) is 46.7 Å². The van der Waals surface area contributed by atoms with Crippen molar-refractivity contribution in [1.29, 1.82) is 0 Å². The normalized spacial score (nSPS) is 16.9. The Hall–Kier alpha value is -3.87. The van der Waals surface area contributed by atoms with Gasteiger partial charge in [-0.05, 0) is 68.2 Å². The number of nitrogen functional groups attached to an aromatic ring is 1. The van der Waals surface area contributed by atoms with Crippen LogP contribution >= 0.6 is 11.8 Å². The number of hydrogen-bond donors (Lipinski definition) is 1. The van der Waals surface area contributed by atoms with Crippen molar-refractivity contribution in [2.45, 2.75) is 91.4 Å². The maximum Gasteiger partial charge on any atom is 0.425 e. The molecule has 0 aromatic carbocycles. The maximum absolute atomic E-state index is 13.3. The Balaban J connectivity index is 1.80. The number of imide groups is 1. The van der Waals surface area contributed by atoms with Crippen LogP contribution in [-0.4, -0.2) is 66.7 Å². The molecule has 2 aromatic heterocycles. The molecule has 0 saturated heterocycles. The van der Waals surface area contributed by atoms with E-state index >= 15 is 0 Å². The molecular formula is C30H40N6O6S. The molecule has 12 nitrogen and oxygen atoms in total. The highest BCUT2D eigenvalue weighted by Gasteiger charge is 2.56. The quantitative estimate of drug-likeness (QED) is 0.473. The fourth-order valence-corrected chi connectivity index (χ4v) is 5.85. The van der Waals surface area contributed by atoms with E-state index in [1.165, 1.54) is 0 Å². The van der Waals surface area contributed by atoms with Gasteiger partial charge in [0.25, 0.3) is 0 Å². The Morgan fingerprint density at radius 2 is 1.72 bits per heavy atom. The lowest BCUT2D eigenvalue weighted by Gasteiger charge is -2.28. The maximum atomic E-state index is 13.3. The molecule has 232 valence electrons. The van der Waals surface area contributed by atoms with Crippen LogP contribution in [-0.2, 0) is 26.2 Å². The van der Waals surface area contributed by atoms with Gasteiger partial charge in [-0.3, -0.25) is 9.78 Å². The van der Waals surface area contributed by atoms with E-state index in [9.17, 15) is 14.4 Å². The van der Waals surface area contributed by atoms with Crippen LogP contribution in [0.25, 0.3) is 0 Å². The number of amides is 2. The second kappa shape index (κ2) is 11.3. The zero-order valence-electron chi connectivity index (χ0n) is 26.3. The van der Waals surface area contributed by atoms with Gasteiger partial charge in [0, 0.05) is 17.3 Å². The van der Waals surface area contributed by atoms with Crippen LogP contribution in [0, 0.1) is 13.8 Å². The number of methoxy groups -OCH3 is 1. The first-order valence-electron chi connectivity index (χ1n) is 13.9. The van der Waals surface area contributed by atoms with E-state index in [1.54, 1.807) is 59.5 Å². The number of carbonyl (C=O) groups is 3. The van der Waals surface area contributed by atoms with Crippen molar-refractivity contribution >= 4 is 40.6 Å². The molecule has 13 heteroatoms. The first-order valence-corrected chi connectivity index (χ1v) is 14.9. The molecule has 1 fully saturated rings. The number of ketones is 1. The topological polar surface area (TPSA) is 151 Å². The molecule has 2 aromatic rings. The number of thioether (sulfide) groups is 1. The number of fused-ring (bicyclic) bond motifs is 2. The third-order valence-electron chi connectivity index (χ3n) is 6.97. The molecular weight excluding hydrogens is 572 g/mol. The summed E-state index contributed by atoms with van der Waals surface area (Å²) in [6.07, 6.45) is 1.02. The Bertz CT molecular complexity index is 1500. The van der Waals surface area contributed by atoms with Crippen LogP contribution in [0.3, 0.4) is 0 Å². The van der Waals surface area contributed by atoms with Gasteiger partial charge < -0.3 is 19.9 Å². The fraction of sp³-hybridized carbons (Fsp3) is 0.533. The van der Waals surface area contributed by atoms with Gasteiger partial charge in [-0.2, -0.15) is 10.00 Å². The number of aromatic nitrogens is 3. The van der Waals surface area contributed by atoms with Gasteiger partial charge in [0.2, 0.25) is 0 Å². The average Bonchev–Trinajstić information content (AvgIpc) is 3.62. The largest absolute Gasteiger partial charge is 0.496 e. The Morgan fingerprint density at radius 1 is 1.14 bits per heavy atom. The molecule has 0 bridgehead atoms. The summed E-state index contributed by atoms with van der Waals surface area (Å²) in [4.78, 5) is 49.5. The summed E-state index contributed by atoms with van der Waals surface area (Å²) in [5.74, 6) is 0.892. The zero-order chi connectivity index (χ0) is 32.1. The van der Waals surface area contributed by atoms with Crippen LogP contribution in [0.5, 0.6) is 5.75 Å². The van der Waals surface area contributed by atoms with Gasteiger partial charge >= 0.3 is 12.2 Å².